The average Bonchev–Trinajstić information content (AvgIpc) is 3.24. The van der Waals surface area contributed by atoms with Crippen molar-refractivity contribution >= 4 is 29.9 Å². The molecule has 1 aliphatic rings. The molecule has 2 aromatic rings. The van der Waals surface area contributed by atoms with Gasteiger partial charge in [0.1, 0.15) is 5.69 Å². The van der Waals surface area contributed by atoms with Crippen molar-refractivity contribution < 1.29 is 4.79 Å². The first kappa shape index (κ1) is 18.8. The Morgan fingerprint density at radius 3 is 2.75 bits per heavy atom. The summed E-state index contributed by atoms with van der Waals surface area (Å²) in [6.07, 6.45) is 1.95. The summed E-state index contributed by atoms with van der Waals surface area (Å²) in [6, 6.07) is 9.53. The molecule has 1 fully saturated rings. The van der Waals surface area contributed by atoms with Crippen LogP contribution in [0.4, 0.5) is 0 Å². The molecule has 0 spiro atoms. The molecule has 7 heteroatoms. The molecule has 130 valence electrons. The molecule has 0 saturated carbocycles. The molecule has 24 heavy (non-hydrogen) atoms. The van der Waals surface area contributed by atoms with E-state index in [4.69, 9.17) is 11.6 Å². The Morgan fingerprint density at radius 2 is 2.12 bits per heavy atom. The minimum Gasteiger partial charge on any atom is -0.333 e. The van der Waals surface area contributed by atoms with Gasteiger partial charge in [-0.15, -0.1) is 12.4 Å². The molecule has 2 N–H and O–H groups in total. The van der Waals surface area contributed by atoms with Gasteiger partial charge < -0.3 is 10.2 Å². The average molecular weight is 369 g/mol. The predicted octanol–water partition coefficient (Wildman–Crippen LogP) is 3.37. The van der Waals surface area contributed by atoms with Gasteiger partial charge in [0.25, 0.3) is 5.91 Å². The molecule has 1 aliphatic heterocycles. The summed E-state index contributed by atoms with van der Waals surface area (Å²) in [6.45, 7) is 4.69. The zero-order valence-electron chi connectivity index (χ0n) is 13.6. The van der Waals surface area contributed by atoms with Gasteiger partial charge in [0.2, 0.25) is 0 Å². The van der Waals surface area contributed by atoms with Crippen LogP contribution in [0.25, 0.3) is 11.3 Å². The largest absolute Gasteiger partial charge is 0.333 e. The number of rotatable bonds is 5. The summed E-state index contributed by atoms with van der Waals surface area (Å²) >= 11 is 5.91. The maximum absolute atomic E-state index is 12.8. The van der Waals surface area contributed by atoms with Gasteiger partial charge in [-0.05, 0) is 37.6 Å². The van der Waals surface area contributed by atoms with Crippen molar-refractivity contribution in [2.75, 3.05) is 19.6 Å². The summed E-state index contributed by atoms with van der Waals surface area (Å²) in [4.78, 5) is 14.8. The summed E-state index contributed by atoms with van der Waals surface area (Å²) in [5.74, 6) is 0.0215. The number of carbonyl (C=O) groups is 1. The maximum Gasteiger partial charge on any atom is 0.272 e. The number of aromatic nitrogens is 2. The number of nitrogens with zero attached hydrogens (tertiary/aromatic N) is 2. The summed E-state index contributed by atoms with van der Waals surface area (Å²) < 4.78 is 0. The smallest absolute Gasteiger partial charge is 0.272 e. The van der Waals surface area contributed by atoms with Crippen molar-refractivity contribution in [2.45, 2.75) is 25.8 Å². The minimum absolute atomic E-state index is 0. The van der Waals surface area contributed by atoms with Gasteiger partial charge in [-0.3, -0.25) is 9.89 Å². The fourth-order valence-electron chi connectivity index (χ4n) is 2.95. The van der Waals surface area contributed by atoms with E-state index >= 15 is 0 Å². The van der Waals surface area contributed by atoms with E-state index < -0.39 is 0 Å². The van der Waals surface area contributed by atoms with Gasteiger partial charge in [-0.2, -0.15) is 5.10 Å². The molecule has 1 unspecified atom stereocenters. The van der Waals surface area contributed by atoms with Crippen LogP contribution < -0.4 is 5.32 Å². The third-order valence-corrected chi connectivity index (χ3v) is 4.40. The van der Waals surface area contributed by atoms with E-state index in [1.807, 2.05) is 35.2 Å². The monoisotopic (exact) mass is 368 g/mol. The standard InChI is InChI=1S/C17H21ClN4O.ClH/c1-2-9-22(14-7-8-19-11-14)17(23)16-10-15(20-21-16)12-3-5-13(18)6-4-12;/h3-6,10,14,19H,2,7-9,11H2,1H3,(H,20,21);1H. The second-order valence-corrected chi connectivity index (χ2v) is 6.26. The fourth-order valence-corrected chi connectivity index (χ4v) is 3.08. The highest BCUT2D eigenvalue weighted by Gasteiger charge is 2.27. The molecule has 2 heterocycles. The number of hydrogen-bond acceptors (Lipinski definition) is 3. The Kier molecular flexibility index (Phi) is 6.66. The first-order chi connectivity index (χ1) is 11.2. The fraction of sp³-hybridized carbons (Fsp3) is 0.412. The molecule has 1 aromatic carbocycles. The number of halogens is 2. The normalized spacial score (nSPS) is 16.7. The number of hydrogen-bond donors (Lipinski definition) is 2. The van der Waals surface area contributed by atoms with E-state index in [9.17, 15) is 4.79 Å². The highest BCUT2D eigenvalue weighted by atomic mass is 35.5. The third-order valence-electron chi connectivity index (χ3n) is 4.15. The van der Waals surface area contributed by atoms with Crippen LogP contribution in [0.1, 0.15) is 30.3 Å². The predicted molar refractivity (Wildman–Crippen MR) is 98.9 cm³/mol. The van der Waals surface area contributed by atoms with Crippen LogP contribution >= 0.6 is 24.0 Å². The van der Waals surface area contributed by atoms with Gasteiger partial charge >= 0.3 is 0 Å². The lowest BCUT2D eigenvalue weighted by Gasteiger charge is -2.27. The highest BCUT2D eigenvalue weighted by Crippen LogP contribution is 2.21. The van der Waals surface area contributed by atoms with Crippen molar-refractivity contribution in [3.05, 3.63) is 41.0 Å². The zero-order chi connectivity index (χ0) is 16.2. The van der Waals surface area contributed by atoms with Crippen molar-refractivity contribution in [3.63, 3.8) is 0 Å². The quantitative estimate of drug-likeness (QED) is 0.850. The van der Waals surface area contributed by atoms with E-state index in [1.165, 1.54) is 0 Å². The van der Waals surface area contributed by atoms with Crippen LogP contribution in [0.15, 0.2) is 30.3 Å². The van der Waals surface area contributed by atoms with Crippen LogP contribution in [-0.4, -0.2) is 46.7 Å². The first-order valence-electron chi connectivity index (χ1n) is 8.02. The zero-order valence-corrected chi connectivity index (χ0v) is 15.2. The second-order valence-electron chi connectivity index (χ2n) is 5.82. The van der Waals surface area contributed by atoms with Crippen LogP contribution in [-0.2, 0) is 0 Å². The van der Waals surface area contributed by atoms with Crippen LogP contribution in [0.2, 0.25) is 5.02 Å². The number of benzene rings is 1. The number of amides is 1. The van der Waals surface area contributed by atoms with E-state index in [0.29, 0.717) is 10.7 Å². The van der Waals surface area contributed by atoms with Crippen LogP contribution in [0.5, 0.6) is 0 Å². The van der Waals surface area contributed by atoms with Crippen molar-refractivity contribution in [3.8, 4) is 11.3 Å². The SMILES string of the molecule is CCCN(C(=O)c1cc(-c2ccc(Cl)cc2)n[nH]1)C1CCNC1.Cl. The minimum atomic E-state index is 0. The molecular formula is C17H22Cl2N4O. The van der Waals surface area contributed by atoms with Crippen molar-refractivity contribution in [1.29, 1.82) is 0 Å². The summed E-state index contributed by atoms with van der Waals surface area (Å²) in [5.41, 5.74) is 2.23. The molecule has 1 saturated heterocycles. The summed E-state index contributed by atoms with van der Waals surface area (Å²) in [5, 5.41) is 11.2. The van der Waals surface area contributed by atoms with Gasteiger partial charge in [0, 0.05) is 29.7 Å². The Balaban J connectivity index is 0.00000208. The molecule has 1 amide bonds. The van der Waals surface area contributed by atoms with Gasteiger partial charge in [-0.25, -0.2) is 0 Å². The molecular weight excluding hydrogens is 347 g/mol. The van der Waals surface area contributed by atoms with Gasteiger partial charge in [0.05, 0.1) is 5.69 Å². The number of aromatic amines is 1. The topological polar surface area (TPSA) is 61.0 Å². The van der Waals surface area contributed by atoms with Crippen LogP contribution in [0.3, 0.4) is 0 Å². The lowest BCUT2D eigenvalue weighted by Crippen LogP contribution is -2.42. The number of carbonyl (C=O) groups excluding carboxylic acids is 1. The molecule has 0 radical (unpaired) electrons. The van der Waals surface area contributed by atoms with E-state index in [-0.39, 0.29) is 24.4 Å². The summed E-state index contributed by atoms with van der Waals surface area (Å²) in [7, 11) is 0. The van der Waals surface area contributed by atoms with Crippen molar-refractivity contribution in [2.24, 2.45) is 0 Å². The molecule has 1 atom stereocenters. The second kappa shape index (κ2) is 8.51. The lowest BCUT2D eigenvalue weighted by atomic mass is 10.1. The maximum atomic E-state index is 12.8. The Bertz CT molecular complexity index is 665. The third kappa shape index (κ3) is 4.09. The Morgan fingerprint density at radius 1 is 1.38 bits per heavy atom. The highest BCUT2D eigenvalue weighted by molar-refractivity contribution is 6.30. The van der Waals surface area contributed by atoms with Gasteiger partial charge in [0.15, 0.2) is 0 Å². The first-order valence-corrected chi connectivity index (χ1v) is 8.40. The van der Waals surface area contributed by atoms with E-state index in [1.54, 1.807) is 0 Å². The van der Waals surface area contributed by atoms with E-state index in [2.05, 4.69) is 22.4 Å². The lowest BCUT2D eigenvalue weighted by molar-refractivity contribution is 0.0686. The number of H-pyrrole nitrogens is 1. The van der Waals surface area contributed by atoms with Crippen molar-refractivity contribution in [1.82, 2.24) is 20.4 Å². The molecule has 1 aromatic heterocycles. The Labute approximate surface area is 153 Å². The van der Waals surface area contributed by atoms with Crippen LogP contribution in [0, 0.1) is 0 Å². The molecule has 3 rings (SSSR count). The Hall–Kier alpha value is -1.56. The van der Waals surface area contributed by atoms with E-state index in [0.717, 1.165) is 43.7 Å². The number of nitrogens with one attached hydrogen (secondary N) is 2. The molecule has 5 nitrogen and oxygen atoms in total. The molecule has 0 aliphatic carbocycles. The molecule has 0 bridgehead atoms. The van der Waals surface area contributed by atoms with Gasteiger partial charge in [-0.1, -0.05) is 30.7 Å².